The van der Waals surface area contributed by atoms with Crippen LogP contribution in [0.2, 0.25) is 0 Å². The molecule has 0 aliphatic carbocycles. The van der Waals surface area contributed by atoms with Gasteiger partial charge in [0.05, 0.1) is 11.5 Å². The van der Waals surface area contributed by atoms with Crippen molar-refractivity contribution in [3.63, 3.8) is 0 Å². The number of carbonyl (C=O) groups is 2. The number of nitrogens with zero attached hydrogens (tertiary/aromatic N) is 1. The molecule has 0 amide bonds. The Morgan fingerprint density at radius 1 is 1.26 bits per heavy atom. The summed E-state index contributed by atoms with van der Waals surface area (Å²) in [6.45, 7) is 3.09. The smallest absolute Gasteiger partial charge is 0.374 e. The molecule has 1 rings (SSSR count). The minimum atomic E-state index is -0.757. The minimum absolute atomic E-state index is 0.137. The van der Waals surface area contributed by atoms with Crippen LogP contribution in [0.3, 0.4) is 0 Å². The highest BCUT2D eigenvalue weighted by Crippen LogP contribution is 2.06. The van der Waals surface area contributed by atoms with Crippen LogP contribution in [0.4, 0.5) is 5.69 Å². The van der Waals surface area contributed by atoms with E-state index in [-0.39, 0.29) is 12.3 Å². The van der Waals surface area contributed by atoms with E-state index in [0.29, 0.717) is 0 Å². The normalized spacial score (nSPS) is 8.00. The highest BCUT2D eigenvalue weighted by atomic mass is 16.6. The Morgan fingerprint density at radius 3 is 1.95 bits per heavy atom. The Kier molecular flexibility index (Phi) is 12.2. The van der Waals surface area contributed by atoms with E-state index in [4.69, 9.17) is 0 Å². The first kappa shape index (κ1) is 19.0. The summed E-state index contributed by atoms with van der Waals surface area (Å²) in [5.41, 5.74) is 0.137. The first-order valence-electron chi connectivity index (χ1n) is 5.19. The SMILES string of the molecule is CCOC(=O)C(C)=O.NN.O=[N+]([O-])c1ccccc1. The first-order valence-corrected chi connectivity index (χ1v) is 5.19. The predicted molar refractivity (Wildman–Crippen MR) is 68.8 cm³/mol. The Labute approximate surface area is 110 Å². The van der Waals surface area contributed by atoms with Gasteiger partial charge >= 0.3 is 5.97 Å². The van der Waals surface area contributed by atoms with Gasteiger partial charge in [-0.25, -0.2) is 4.79 Å². The Bertz CT molecular complexity index is 395. The number of benzene rings is 1. The number of carbonyl (C=O) groups excluding carboxylic acids is 2. The van der Waals surface area contributed by atoms with Gasteiger partial charge in [-0.3, -0.25) is 26.6 Å². The molecule has 0 radical (unpaired) electrons. The van der Waals surface area contributed by atoms with Gasteiger partial charge in [-0.2, -0.15) is 0 Å². The highest BCUT2D eigenvalue weighted by molar-refractivity contribution is 6.32. The molecule has 19 heavy (non-hydrogen) atoms. The number of ether oxygens (including phenoxy) is 1. The minimum Gasteiger partial charge on any atom is -0.460 e. The van der Waals surface area contributed by atoms with Crippen LogP contribution >= 0.6 is 0 Å². The van der Waals surface area contributed by atoms with E-state index in [0.717, 1.165) is 0 Å². The van der Waals surface area contributed by atoms with Gasteiger partial charge in [0, 0.05) is 19.1 Å². The summed E-state index contributed by atoms with van der Waals surface area (Å²) in [6, 6.07) is 7.93. The second kappa shape index (κ2) is 12.1. The van der Waals surface area contributed by atoms with Crippen molar-refractivity contribution in [2.45, 2.75) is 13.8 Å². The highest BCUT2D eigenvalue weighted by Gasteiger charge is 2.05. The molecule has 0 saturated carbocycles. The molecule has 1 aromatic rings. The second-order valence-electron chi connectivity index (χ2n) is 2.87. The average molecular weight is 271 g/mol. The fourth-order valence-corrected chi connectivity index (χ4v) is 0.782. The van der Waals surface area contributed by atoms with Crippen molar-refractivity contribution in [1.29, 1.82) is 0 Å². The molecular weight excluding hydrogens is 254 g/mol. The third-order valence-corrected chi connectivity index (χ3v) is 1.53. The van der Waals surface area contributed by atoms with E-state index < -0.39 is 16.7 Å². The van der Waals surface area contributed by atoms with Gasteiger partial charge in [-0.05, 0) is 6.92 Å². The number of Topliss-reactive ketones (excluding diaryl/α,β-unsaturated/α-hetero) is 1. The first-order chi connectivity index (χ1) is 8.99. The van der Waals surface area contributed by atoms with E-state index in [1.54, 1.807) is 25.1 Å². The summed E-state index contributed by atoms with van der Waals surface area (Å²) in [5, 5.41) is 10.0. The number of hydrogen-bond donors (Lipinski definition) is 2. The zero-order valence-corrected chi connectivity index (χ0v) is 10.7. The number of nitro benzene ring substituents is 1. The van der Waals surface area contributed by atoms with Gasteiger partial charge in [0.2, 0.25) is 5.78 Å². The number of nitrogens with two attached hydrogens (primary N) is 2. The Balaban J connectivity index is 0. The monoisotopic (exact) mass is 271 g/mol. The van der Waals surface area contributed by atoms with E-state index in [9.17, 15) is 19.7 Å². The second-order valence-corrected chi connectivity index (χ2v) is 2.87. The third-order valence-electron chi connectivity index (χ3n) is 1.53. The van der Waals surface area contributed by atoms with E-state index >= 15 is 0 Å². The summed E-state index contributed by atoms with van der Waals surface area (Å²) < 4.78 is 4.31. The summed E-state index contributed by atoms with van der Waals surface area (Å²) in [5.74, 6) is 6.69. The van der Waals surface area contributed by atoms with Gasteiger partial charge in [-0.15, -0.1) is 0 Å². The molecule has 0 saturated heterocycles. The van der Waals surface area contributed by atoms with Crippen molar-refractivity contribution in [3.8, 4) is 0 Å². The standard InChI is InChI=1S/C6H5NO2.C5H8O3.H4N2/c8-7(9)6-4-2-1-3-5-6;1-3-8-5(7)4(2)6;1-2/h1-5H;3H2,1-2H3;1-2H2. The van der Waals surface area contributed by atoms with Crippen LogP contribution in [0.25, 0.3) is 0 Å². The lowest BCUT2D eigenvalue weighted by Gasteiger charge is -1.93. The lowest BCUT2D eigenvalue weighted by molar-refractivity contribution is -0.384. The maximum Gasteiger partial charge on any atom is 0.374 e. The molecule has 4 N–H and O–H groups in total. The van der Waals surface area contributed by atoms with Gasteiger partial charge in [-0.1, -0.05) is 18.2 Å². The molecule has 0 aliphatic rings. The molecular formula is C11H17N3O5. The van der Waals surface area contributed by atoms with Crippen molar-refractivity contribution >= 4 is 17.4 Å². The van der Waals surface area contributed by atoms with Crippen LogP contribution in [-0.4, -0.2) is 23.3 Å². The maximum atomic E-state index is 10.2. The molecule has 0 spiro atoms. The van der Waals surface area contributed by atoms with E-state index in [2.05, 4.69) is 16.4 Å². The number of rotatable bonds is 3. The van der Waals surface area contributed by atoms with Gasteiger partial charge in [0.25, 0.3) is 5.69 Å². The van der Waals surface area contributed by atoms with Gasteiger partial charge in [0.15, 0.2) is 0 Å². The predicted octanol–water partition coefficient (Wildman–Crippen LogP) is 0.552. The van der Waals surface area contributed by atoms with Crippen molar-refractivity contribution in [2.24, 2.45) is 11.7 Å². The molecule has 0 bridgehead atoms. The molecule has 106 valence electrons. The fraction of sp³-hybridized carbons (Fsp3) is 0.273. The van der Waals surface area contributed by atoms with Crippen molar-refractivity contribution in [3.05, 3.63) is 40.4 Å². The van der Waals surface area contributed by atoms with E-state index in [1.807, 2.05) is 0 Å². The molecule has 8 nitrogen and oxygen atoms in total. The molecule has 0 fully saturated rings. The van der Waals surface area contributed by atoms with Crippen molar-refractivity contribution < 1.29 is 19.2 Å². The number of ketones is 1. The van der Waals surface area contributed by atoms with Crippen LogP contribution in [0.15, 0.2) is 30.3 Å². The molecule has 0 atom stereocenters. The summed E-state index contributed by atoms with van der Waals surface area (Å²) >= 11 is 0. The van der Waals surface area contributed by atoms with E-state index in [1.165, 1.54) is 19.1 Å². The van der Waals surface area contributed by atoms with Gasteiger partial charge in [0.1, 0.15) is 0 Å². The van der Waals surface area contributed by atoms with Crippen molar-refractivity contribution in [2.75, 3.05) is 6.61 Å². The summed E-state index contributed by atoms with van der Waals surface area (Å²) in [7, 11) is 0. The fourth-order valence-electron chi connectivity index (χ4n) is 0.782. The van der Waals surface area contributed by atoms with Crippen LogP contribution in [-0.2, 0) is 14.3 Å². The van der Waals surface area contributed by atoms with Gasteiger partial charge < -0.3 is 4.74 Å². The number of hydrazine groups is 1. The number of hydrogen-bond acceptors (Lipinski definition) is 7. The Hall–Kier alpha value is -2.32. The molecule has 0 unspecified atom stereocenters. The lowest BCUT2D eigenvalue weighted by Crippen LogP contribution is -2.12. The summed E-state index contributed by atoms with van der Waals surface area (Å²) in [6.07, 6.45) is 0. The average Bonchev–Trinajstić information content (AvgIpc) is 2.43. The maximum absolute atomic E-state index is 10.2. The number of nitro groups is 1. The number of para-hydroxylation sites is 1. The molecule has 1 aromatic carbocycles. The largest absolute Gasteiger partial charge is 0.460 e. The third kappa shape index (κ3) is 10.5. The van der Waals surface area contributed by atoms with Crippen molar-refractivity contribution in [1.82, 2.24) is 0 Å². The zero-order valence-electron chi connectivity index (χ0n) is 10.7. The molecule has 0 aromatic heterocycles. The quantitative estimate of drug-likeness (QED) is 0.269. The lowest BCUT2D eigenvalue weighted by atomic mass is 10.3. The number of esters is 1. The number of non-ortho nitro benzene ring substituents is 1. The van der Waals surface area contributed by atoms with Crippen LogP contribution in [0, 0.1) is 10.1 Å². The van der Waals surface area contributed by atoms with Crippen LogP contribution < -0.4 is 11.7 Å². The topological polar surface area (TPSA) is 139 Å². The zero-order chi connectivity index (χ0) is 15.3. The van der Waals surface area contributed by atoms with Crippen LogP contribution in [0.1, 0.15) is 13.8 Å². The molecule has 8 heteroatoms. The molecule has 0 aliphatic heterocycles. The summed E-state index contributed by atoms with van der Waals surface area (Å²) in [4.78, 5) is 29.8. The van der Waals surface area contributed by atoms with Crippen LogP contribution in [0.5, 0.6) is 0 Å². The molecule has 0 heterocycles. The Morgan fingerprint density at radius 2 is 1.74 bits per heavy atom.